The molecule has 5 nitrogen and oxygen atoms in total. The smallest absolute Gasteiger partial charge is 0.410 e. The van der Waals surface area contributed by atoms with Crippen molar-refractivity contribution in [2.24, 2.45) is 0 Å². The Kier molecular flexibility index (Phi) is 4.16. The summed E-state index contributed by atoms with van der Waals surface area (Å²) >= 11 is 0. The van der Waals surface area contributed by atoms with E-state index in [-0.39, 0.29) is 12.2 Å². The maximum absolute atomic E-state index is 11.9. The van der Waals surface area contributed by atoms with E-state index in [0.29, 0.717) is 19.0 Å². The highest BCUT2D eigenvalue weighted by atomic mass is 16.6. The van der Waals surface area contributed by atoms with E-state index in [1.807, 2.05) is 39.8 Å². The van der Waals surface area contributed by atoms with E-state index < -0.39 is 5.60 Å². The molecule has 1 unspecified atom stereocenters. The summed E-state index contributed by atoms with van der Waals surface area (Å²) < 4.78 is 11.2. The molecule has 20 heavy (non-hydrogen) atoms. The molecular formula is C15H22N2O3. The van der Waals surface area contributed by atoms with Crippen molar-refractivity contribution in [2.45, 2.75) is 45.8 Å². The zero-order valence-corrected chi connectivity index (χ0v) is 12.5. The molecule has 5 heteroatoms. The first-order valence-corrected chi connectivity index (χ1v) is 6.91. The van der Waals surface area contributed by atoms with Gasteiger partial charge in [-0.2, -0.15) is 0 Å². The van der Waals surface area contributed by atoms with Crippen LogP contribution in [-0.2, 0) is 4.74 Å². The summed E-state index contributed by atoms with van der Waals surface area (Å²) in [6.45, 7) is 8.80. The molecule has 0 radical (unpaired) electrons. The van der Waals surface area contributed by atoms with Crippen LogP contribution in [0.2, 0.25) is 0 Å². The summed E-state index contributed by atoms with van der Waals surface area (Å²) in [6.07, 6.45) is 2.23. The van der Waals surface area contributed by atoms with Crippen LogP contribution in [0.3, 0.4) is 0 Å². The molecule has 0 aromatic carbocycles. The Morgan fingerprint density at radius 3 is 2.85 bits per heavy atom. The number of pyridine rings is 1. The average Bonchev–Trinajstić information content (AvgIpc) is 2.75. The minimum absolute atomic E-state index is 0.0168. The maximum Gasteiger partial charge on any atom is 0.410 e. The van der Waals surface area contributed by atoms with Gasteiger partial charge in [0, 0.05) is 25.2 Å². The second-order valence-electron chi connectivity index (χ2n) is 6.13. The summed E-state index contributed by atoms with van der Waals surface area (Å²) in [5, 5.41) is 0. The first kappa shape index (κ1) is 14.6. The molecule has 1 amide bonds. The number of likely N-dealkylation sites (tertiary alicyclic amines) is 1. The molecular weight excluding hydrogens is 256 g/mol. The van der Waals surface area contributed by atoms with Crippen molar-refractivity contribution in [1.82, 2.24) is 9.88 Å². The van der Waals surface area contributed by atoms with Gasteiger partial charge in [0.2, 0.25) is 5.88 Å². The van der Waals surface area contributed by atoms with Gasteiger partial charge in [0.25, 0.3) is 0 Å². The molecule has 1 aliphatic rings. The number of nitrogens with zero attached hydrogens (tertiary/aromatic N) is 2. The predicted molar refractivity (Wildman–Crippen MR) is 75.8 cm³/mol. The lowest BCUT2D eigenvalue weighted by Gasteiger charge is -2.24. The molecule has 0 bridgehead atoms. The lowest BCUT2D eigenvalue weighted by atomic mass is 10.2. The van der Waals surface area contributed by atoms with Crippen LogP contribution < -0.4 is 4.74 Å². The van der Waals surface area contributed by atoms with Crippen LogP contribution in [0.1, 0.15) is 32.8 Å². The van der Waals surface area contributed by atoms with Crippen molar-refractivity contribution in [3.63, 3.8) is 0 Å². The zero-order chi connectivity index (χ0) is 14.8. The van der Waals surface area contributed by atoms with Crippen LogP contribution in [0.4, 0.5) is 4.79 Å². The number of carbonyl (C=O) groups excluding carboxylic acids is 1. The van der Waals surface area contributed by atoms with Crippen molar-refractivity contribution in [3.05, 3.63) is 23.9 Å². The van der Waals surface area contributed by atoms with Gasteiger partial charge in [0.05, 0.1) is 6.54 Å². The number of hydrogen-bond acceptors (Lipinski definition) is 4. The van der Waals surface area contributed by atoms with Gasteiger partial charge in [0.1, 0.15) is 11.7 Å². The Morgan fingerprint density at radius 1 is 1.45 bits per heavy atom. The van der Waals surface area contributed by atoms with E-state index >= 15 is 0 Å². The van der Waals surface area contributed by atoms with E-state index in [2.05, 4.69) is 4.98 Å². The van der Waals surface area contributed by atoms with Gasteiger partial charge in [-0.15, -0.1) is 0 Å². The monoisotopic (exact) mass is 278 g/mol. The first-order valence-electron chi connectivity index (χ1n) is 6.91. The standard InChI is InChI=1S/C15H22N2O3/c1-11-5-7-16-13(9-11)19-12-6-8-17(10-12)14(18)20-15(2,3)4/h5,7,9,12H,6,8,10H2,1-4H3. The normalized spacial score (nSPS) is 19.0. The van der Waals surface area contributed by atoms with E-state index in [0.717, 1.165) is 12.0 Å². The van der Waals surface area contributed by atoms with Gasteiger partial charge >= 0.3 is 6.09 Å². The van der Waals surface area contributed by atoms with Gasteiger partial charge in [-0.3, -0.25) is 0 Å². The fourth-order valence-electron chi connectivity index (χ4n) is 2.06. The molecule has 0 aliphatic carbocycles. The number of aryl methyl sites for hydroxylation is 1. The molecule has 2 rings (SSSR count). The average molecular weight is 278 g/mol. The predicted octanol–water partition coefficient (Wildman–Crippen LogP) is 2.78. The van der Waals surface area contributed by atoms with Crippen LogP contribution in [-0.4, -0.2) is 40.8 Å². The zero-order valence-electron chi connectivity index (χ0n) is 12.5. The third-order valence-corrected chi connectivity index (χ3v) is 2.97. The highest BCUT2D eigenvalue weighted by molar-refractivity contribution is 5.68. The molecule has 1 fully saturated rings. The fraction of sp³-hybridized carbons (Fsp3) is 0.600. The molecule has 0 N–H and O–H groups in total. The number of aromatic nitrogens is 1. The van der Waals surface area contributed by atoms with Crippen molar-refractivity contribution < 1.29 is 14.3 Å². The van der Waals surface area contributed by atoms with Gasteiger partial charge in [-0.05, 0) is 39.3 Å². The number of amides is 1. The highest BCUT2D eigenvalue weighted by Gasteiger charge is 2.30. The molecule has 1 aromatic heterocycles. The van der Waals surface area contributed by atoms with Crippen LogP contribution in [0, 0.1) is 6.92 Å². The number of carbonyl (C=O) groups is 1. The molecule has 0 spiro atoms. The minimum atomic E-state index is -0.464. The number of rotatable bonds is 2. The lowest BCUT2D eigenvalue weighted by Crippen LogP contribution is -2.36. The highest BCUT2D eigenvalue weighted by Crippen LogP contribution is 2.19. The molecule has 1 atom stereocenters. The van der Waals surface area contributed by atoms with Gasteiger partial charge < -0.3 is 14.4 Å². The first-order chi connectivity index (χ1) is 9.33. The molecule has 1 aromatic rings. The quantitative estimate of drug-likeness (QED) is 0.834. The van der Waals surface area contributed by atoms with Gasteiger partial charge in [-0.1, -0.05) is 0 Å². The molecule has 1 saturated heterocycles. The molecule has 110 valence electrons. The summed E-state index contributed by atoms with van der Waals surface area (Å²) in [4.78, 5) is 17.8. The molecule has 2 heterocycles. The van der Waals surface area contributed by atoms with Crippen molar-refractivity contribution in [1.29, 1.82) is 0 Å². The second kappa shape index (κ2) is 5.69. The van der Waals surface area contributed by atoms with Crippen LogP contribution in [0.5, 0.6) is 5.88 Å². The van der Waals surface area contributed by atoms with E-state index in [1.165, 1.54) is 0 Å². The summed E-state index contributed by atoms with van der Waals surface area (Å²) in [6, 6.07) is 3.82. The summed E-state index contributed by atoms with van der Waals surface area (Å²) in [5.74, 6) is 0.612. The largest absolute Gasteiger partial charge is 0.472 e. The van der Waals surface area contributed by atoms with Crippen LogP contribution in [0.15, 0.2) is 18.3 Å². The molecule has 1 aliphatic heterocycles. The van der Waals surface area contributed by atoms with Crippen LogP contribution >= 0.6 is 0 Å². The van der Waals surface area contributed by atoms with E-state index in [1.54, 1.807) is 11.1 Å². The van der Waals surface area contributed by atoms with Crippen LogP contribution in [0.25, 0.3) is 0 Å². The van der Waals surface area contributed by atoms with E-state index in [4.69, 9.17) is 9.47 Å². The van der Waals surface area contributed by atoms with Crippen molar-refractivity contribution in [2.75, 3.05) is 13.1 Å². The lowest BCUT2D eigenvalue weighted by molar-refractivity contribution is 0.0275. The van der Waals surface area contributed by atoms with Crippen molar-refractivity contribution in [3.8, 4) is 5.88 Å². The molecule has 0 saturated carbocycles. The Bertz CT molecular complexity index is 482. The SMILES string of the molecule is Cc1ccnc(OC2CCN(C(=O)OC(C)(C)C)C2)c1. The van der Waals surface area contributed by atoms with E-state index in [9.17, 15) is 4.79 Å². The topological polar surface area (TPSA) is 51.7 Å². The Hall–Kier alpha value is -1.78. The van der Waals surface area contributed by atoms with Gasteiger partial charge in [0.15, 0.2) is 0 Å². The Morgan fingerprint density at radius 2 is 2.20 bits per heavy atom. The summed E-state index contributed by atoms with van der Waals surface area (Å²) in [5.41, 5.74) is 0.644. The number of hydrogen-bond donors (Lipinski definition) is 0. The Labute approximate surface area is 119 Å². The number of ether oxygens (including phenoxy) is 2. The summed E-state index contributed by atoms with van der Waals surface area (Å²) in [7, 11) is 0. The van der Waals surface area contributed by atoms with Crippen molar-refractivity contribution >= 4 is 6.09 Å². The third kappa shape index (κ3) is 4.11. The second-order valence-corrected chi connectivity index (χ2v) is 6.13. The fourth-order valence-corrected chi connectivity index (χ4v) is 2.06. The Balaban J connectivity index is 1.88. The third-order valence-electron chi connectivity index (χ3n) is 2.97. The minimum Gasteiger partial charge on any atom is -0.472 e. The van der Waals surface area contributed by atoms with Gasteiger partial charge in [-0.25, -0.2) is 9.78 Å². The maximum atomic E-state index is 11.9.